The molecule has 1 aliphatic rings. The molecule has 3 aromatic rings. The van der Waals surface area contributed by atoms with E-state index in [1.54, 1.807) is 0 Å². The van der Waals surface area contributed by atoms with Crippen LogP contribution in [0.2, 0.25) is 0 Å². The number of rotatable bonds is 4. The van der Waals surface area contributed by atoms with Gasteiger partial charge in [-0.15, -0.1) is 11.3 Å². The minimum Gasteiger partial charge on any atom is -0.352 e. The molecule has 2 amide bonds. The molecule has 3 heterocycles. The highest BCUT2D eigenvalue weighted by Gasteiger charge is 2.27. The van der Waals surface area contributed by atoms with Gasteiger partial charge in [0.05, 0.1) is 5.56 Å². The molecule has 0 atom stereocenters. The molecule has 0 bridgehead atoms. The van der Waals surface area contributed by atoms with Crippen LogP contribution in [0.25, 0.3) is 5.78 Å². The van der Waals surface area contributed by atoms with E-state index < -0.39 is 11.5 Å². The summed E-state index contributed by atoms with van der Waals surface area (Å²) in [7, 11) is 0. The van der Waals surface area contributed by atoms with Crippen molar-refractivity contribution in [1.29, 1.82) is 0 Å². The Balaban J connectivity index is 1.72. The number of hydrogen-bond acceptors (Lipinski definition) is 6. The highest BCUT2D eigenvalue weighted by atomic mass is 32.1. The maximum absolute atomic E-state index is 12.7. The molecule has 0 aliphatic heterocycles. The number of aromatic amines is 1. The van der Waals surface area contributed by atoms with Crippen molar-refractivity contribution < 1.29 is 9.59 Å². The van der Waals surface area contributed by atoms with Gasteiger partial charge in [0.1, 0.15) is 16.9 Å². The van der Waals surface area contributed by atoms with E-state index in [1.807, 2.05) is 6.92 Å². The fourth-order valence-corrected chi connectivity index (χ4v) is 4.55. The second kappa shape index (κ2) is 6.95. The van der Waals surface area contributed by atoms with Gasteiger partial charge in [-0.05, 0) is 38.2 Å². The van der Waals surface area contributed by atoms with Gasteiger partial charge in [0.15, 0.2) is 0 Å². The lowest BCUT2D eigenvalue weighted by atomic mass is 9.95. The van der Waals surface area contributed by atoms with Gasteiger partial charge in [0, 0.05) is 17.6 Å². The van der Waals surface area contributed by atoms with Crippen molar-refractivity contribution >= 4 is 33.9 Å². The molecule has 0 fully saturated rings. The summed E-state index contributed by atoms with van der Waals surface area (Å²) in [5.41, 5.74) is 0.854. The number of nitrogens with one attached hydrogen (secondary N) is 3. The first-order valence-electron chi connectivity index (χ1n) is 8.75. The van der Waals surface area contributed by atoms with Crippen molar-refractivity contribution in [3.05, 3.63) is 44.4 Å². The Bertz CT molecular complexity index is 1100. The zero-order valence-electron chi connectivity index (χ0n) is 14.7. The Labute approximate surface area is 157 Å². The van der Waals surface area contributed by atoms with E-state index in [0.717, 1.165) is 40.6 Å². The first-order chi connectivity index (χ1) is 13.1. The number of aryl methyl sites for hydroxylation is 1. The maximum Gasteiger partial charge on any atom is 0.286 e. The molecule has 140 valence electrons. The summed E-state index contributed by atoms with van der Waals surface area (Å²) in [5, 5.41) is 8.66. The number of thiophene rings is 1. The molecule has 0 unspecified atom stereocenters. The van der Waals surface area contributed by atoms with Crippen LogP contribution >= 0.6 is 11.3 Å². The number of aromatic nitrogens is 4. The van der Waals surface area contributed by atoms with E-state index in [-0.39, 0.29) is 17.2 Å². The quantitative estimate of drug-likeness (QED) is 0.625. The van der Waals surface area contributed by atoms with Gasteiger partial charge in [-0.1, -0.05) is 0 Å². The summed E-state index contributed by atoms with van der Waals surface area (Å²) >= 11 is 1.41. The van der Waals surface area contributed by atoms with E-state index in [1.165, 1.54) is 23.9 Å². The average Bonchev–Trinajstić information content (AvgIpc) is 3.26. The van der Waals surface area contributed by atoms with E-state index in [0.29, 0.717) is 17.1 Å². The van der Waals surface area contributed by atoms with E-state index in [2.05, 4.69) is 25.7 Å². The van der Waals surface area contributed by atoms with E-state index in [4.69, 9.17) is 0 Å². The lowest BCUT2D eigenvalue weighted by Crippen LogP contribution is -2.28. The molecule has 3 N–H and O–H groups in total. The van der Waals surface area contributed by atoms with Crippen LogP contribution in [0.5, 0.6) is 0 Å². The molecule has 0 radical (unpaired) electrons. The third-order valence-electron chi connectivity index (χ3n) is 4.52. The SMILES string of the molecule is CCNC(=O)c1c(NC(=O)c2cnc3nc[nH]n3c2=O)sc2c1CCCC2. The first-order valence-corrected chi connectivity index (χ1v) is 9.57. The molecular weight excluding hydrogens is 368 g/mol. The molecular formula is C17H18N6O3S. The summed E-state index contributed by atoms with van der Waals surface area (Å²) in [6, 6.07) is 0. The lowest BCUT2D eigenvalue weighted by molar-refractivity contribution is 0.0956. The monoisotopic (exact) mass is 386 g/mol. The molecule has 9 nitrogen and oxygen atoms in total. The van der Waals surface area contributed by atoms with Crippen molar-refractivity contribution in [3.8, 4) is 0 Å². The standard InChI is InChI=1S/C17H18N6O3S/c1-2-18-14(25)12-9-5-3-4-6-11(9)27-15(12)22-13(24)10-7-19-17-20-8-21-23(17)16(10)26/h7-8H,2-6H2,1H3,(H,18,25)(H,22,24)(H,19,20,21). The van der Waals surface area contributed by atoms with Gasteiger partial charge in [0.25, 0.3) is 23.2 Å². The van der Waals surface area contributed by atoms with Crippen LogP contribution in [0.1, 0.15) is 50.9 Å². The molecule has 3 aromatic heterocycles. The fourth-order valence-electron chi connectivity index (χ4n) is 3.27. The van der Waals surface area contributed by atoms with Crippen LogP contribution in [0.4, 0.5) is 5.00 Å². The van der Waals surface area contributed by atoms with E-state index in [9.17, 15) is 14.4 Å². The summed E-state index contributed by atoms with van der Waals surface area (Å²) in [6.45, 7) is 2.35. The third-order valence-corrected chi connectivity index (χ3v) is 5.72. The van der Waals surface area contributed by atoms with Gasteiger partial charge in [-0.3, -0.25) is 19.5 Å². The second-order valence-electron chi connectivity index (χ2n) is 6.23. The van der Waals surface area contributed by atoms with Gasteiger partial charge in [-0.2, -0.15) is 4.52 Å². The fraction of sp³-hybridized carbons (Fsp3) is 0.353. The van der Waals surface area contributed by atoms with Crippen molar-refractivity contribution in [2.45, 2.75) is 32.6 Å². The van der Waals surface area contributed by atoms with Crippen LogP contribution in [0.3, 0.4) is 0 Å². The number of amides is 2. The second-order valence-corrected chi connectivity index (χ2v) is 7.33. The molecule has 4 rings (SSSR count). The van der Waals surface area contributed by atoms with Crippen LogP contribution < -0.4 is 16.2 Å². The van der Waals surface area contributed by atoms with Crippen LogP contribution in [0.15, 0.2) is 17.3 Å². The minimum atomic E-state index is -0.597. The van der Waals surface area contributed by atoms with Gasteiger partial charge in [-0.25, -0.2) is 9.97 Å². The molecule has 0 saturated heterocycles. The predicted octanol–water partition coefficient (Wildman–Crippen LogP) is 1.36. The topological polar surface area (TPSA) is 121 Å². The number of carbonyl (C=O) groups excluding carboxylic acids is 2. The number of carbonyl (C=O) groups is 2. The summed E-state index contributed by atoms with van der Waals surface area (Å²) < 4.78 is 1.10. The number of H-pyrrole nitrogens is 1. The van der Waals surface area contributed by atoms with Crippen LogP contribution in [-0.4, -0.2) is 37.9 Å². The van der Waals surface area contributed by atoms with Crippen LogP contribution in [-0.2, 0) is 12.8 Å². The molecule has 27 heavy (non-hydrogen) atoms. The largest absolute Gasteiger partial charge is 0.352 e. The number of fused-ring (bicyclic) bond motifs is 2. The van der Waals surface area contributed by atoms with Crippen molar-refractivity contribution in [3.63, 3.8) is 0 Å². The van der Waals surface area contributed by atoms with Crippen LogP contribution in [0, 0.1) is 0 Å². The summed E-state index contributed by atoms with van der Waals surface area (Å²) in [4.78, 5) is 46.8. The number of anilines is 1. The Morgan fingerprint density at radius 2 is 2.07 bits per heavy atom. The highest BCUT2D eigenvalue weighted by Crippen LogP contribution is 2.38. The Morgan fingerprint density at radius 1 is 1.26 bits per heavy atom. The molecule has 1 aliphatic carbocycles. The van der Waals surface area contributed by atoms with Crippen molar-refractivity contribution in [2.75, 3.05) is 11.9 Å². The average molecular weight is 386 g/mol. The third kappa shape index (κ3) is 3.01. The normalized spacial score (nSPS) is 13.4. The molecule has 0 aromatic carbocycles. The highest BCUT2D eigenvalue weighted by molar-refractivity contribution is 7.17. The first kappa shape index (κ1) is 17.4. The smallest absolute Gasteiger partial charge is 0.286 e. The zero-order chi connectivity index (χ0) is 19.0. The van der Waals surface area contributed by atoms with Gasteiger partial charge >= 0.3 is 0 Å². The van der Waals surface area contributed by atoms with Crippen molar-refractivity contribution in [2.24, 2.45) is 0 Å². The lowest BCUT2D eigenvalue weighted by Gasteiger charge is -2.12. The van der Waals surface area contributed by atoms with Crippen molar-refractivity contribution in [1.82, 2.24) is 24.9 Å². The number of nitrogens with zero attached hydrogens (tertiary/aromatic N) is 3. The van der Waals surface area contributed by atoms with Gasteiger partial charge < -0.3 is 10.6 Å². The van der Waals surface area contributed by atoms with Gasteiger partial charge in [0.2, 0.25) is 0 Å². The summed E-state index contributed by atoms with van der Waals surface area (Å²) in [5.74, 6) is -0.613. The van der Waals surface area contributed by atoms with E-state index >= 15 is 0 Å². The maximum atomic E-state index is 12.7. The number of hydrogen-bond donors (Lipinski definition) is 3. The zero-order valence-corrected chi connectivity index (χ0v) is 15.5. The Hall–Kier alpha value is -3.01. The minimum absolute atomic E-state index is 0.120. The molecule has 0 saturated carbocycles. The molecule has 10 heteroatoms. The predicted molar refractivity (Wildman–Crippen MR) is 101 cm³/mol. The Morgan fingerprint density at radius 3 is 2.89 bits per heavy atom. The molecule has 0 spiro atoms. The summed E-state index contributed by atoms with van der Waals surface area (Å²) in [6.07, 6.45) is 6.33. The Kier molecular flexibility index (Phi) is 4.48.